The molecule has 0 spiro atoms. The van der Waals surface area contributed by atoms with Crippen LogP contribution in [0.3, 0.4) is 0 Å². The van der Waals surface area contributed by atoms with Crippen LogP contribution in [0.5, 0.6) is 0 Å². The van der Waals surface area contributed by atoms with Crippen LogP contribution >= 0.6 is 0 Å². The Bertz CT molecular complexity index is 584. The van der Waals surface area contributed by atoms with E-state index < -0.39 is 24.0 Å². The summed E-state index contributed by atoms with van der Waals surface area (Å²) >= 11 is 0. The van der Waals surface area contributed by atoms with Crippen molar-refractivity contribution in [3.8, 4) is 0 Å². The third-order valence-electron chi connectivity index (χ3n) is 3.31. The first-order valence-corrected chi connectivity index (χ1v) is 7.07. The number of carbonyl (C=O) groups is 2. The molecule has 1 aromatic rings. The summed E-state index contributed by atoms with van der Waals surface area (Å²) < 4.78 is 18.3. The van der Waals surface area contributed by atoms with Gasteiger partial charge in [0.15, 0.2) is 0 Å². The molecular weight excluding hydrogens is 287 g/mol. The topological polar surface area (TPSA) is 67.4 Å². The van der Waals surface area contributed by atoms with Crippen LogP contribution in [0.4, 0.5) is 9.18 Å². The molecule has 1 aliphatic heterocycles. The molecule has 0 radical (unpaired) electrons. The van der Waals surface area contributed by atoms with E-state index in [1.807, 2.05) is 13.8 Å². The molecule has 5 nitrogen and oxygen atoms in total. The van der Waals surface area contributed by atoms with Gasteiger partial charge in [-0.1, -0.05) is 32.6 Å². The highest BCUT2D eigenvalue weighted by molar-refractivity contribution is 5.85. The van der Waals surface area contributed by atoms with Crippen molar-refractivity contribution in [3.05, 3.63) is 47.9 Å². The van der Waals surface area contributed by atoms with Crippen LogP contribution in [0.15, 0.2) is 36.5 Å². The average molecular weight is 306 g/mol. The summed E-state index contributed by atoms with van der Waals surface area (Å²) in [7, 11) is 0. The van der Waals surface area contributed by atoms with Crippen LogP contribution in [0.1, 0.15) is 25.5 Å². The van der Waals surface area contributed by atoms with Crippen molar-refractivity contribution in [1.82, 2.24) is 10.6 Å². The van der Waals surface area contributed by atoms with Gasteiger partial charge in [-0.25, -0.2) is 9.18 Å². The van der Waals surface area contributed by atoms with Crippen molar-refractivity contribution in [2.24, 2.45) is 11.8 Å². The Morgan fingerprint density at radius 2 is 2.00 bits per heavy atom. The molecule has 1 heterocycles. The Labute approximate surface area is 128 Å². The molecule has 118 valence electrons. The lowest BCUT2D eigenvalue weighted by atomic mass is 9.89. The maximum absolute atomic E-state index is 13.1. The molecule has 6 heteroatoms. The van der Waals surface area contributed by atoms with Crippen molar-refractivity contribution in [1.29, 1.82) is 0 Å². The van der Waals surface area contributed by atoms with E-state index in [0.717, 1.165) is 0 Å². The number of nitrogens with one attached hydrogen (secondary N) is 2. The minimum Gasteiger partial charge on any atom is -0.465 e. The van der Waals surface area contributed by atoms with Crippen molar-refractivity contribution in [2.75, 3.05) is 6.61 Å². The molecule has 1 fully saturated rings. The van der Waals surface area contributed by atoms with E-state index in [1.54, 1.807) is 0 Å². The predicted octanol–water partition coefficient (Wildman–Crippen LogP) is 2.51. The smallest absolute Gasteiger partial charge is 0.319 e. The highest BCUT2D eigenvalue weighted by Crippen LogP contribution is 2.30. The van der Waals surface area contributed by atoms with Crippen LogP contribution in [0.25, 0.3) is 0 Å². The first kappa shape index (κ1) is 16.0. The second kappa shape index (κ2) is 6.60. The maximum Gasteiger partial charge on any atom is 0.319 e. The van der Waals surface area contributed by atoms with Crippen LogP contribution in [0.2, 0.25) is 0 Å². The van der Waals surface area contributed by atoms with Gasteiger partial charge in [-0.05, 0) is 23.6 Å². The Morgan fingerprint density at radius 3 is 2.59 bits per heavy atom. The summed E-state index contributed by atoms with van der Waals surface area (Å²) in [6.07, 6.45) is 0. The molecule has 2 N–H and O–H groups in total. The summed E-state index contributed by atoms with van der Waals surface area (Å²) in [5.74, 6) is -1.42. The molecule has 2 rings (SSSR count). The van der Waals surface area contributed by atoms with Gasteiger partial charge in [-0.3, -0.25) is 4.79 Å². The standard InChI is InChI=1S/C16H19FN2O3/c1-9(2)8-22-15(20)13-10(3)18-16(21)19-14(13)11-4-6-12(17)7-5-11/h4-7,9,13-14H,3,8H2,1-2H3,(H2,18,19,21). The van der Waals surface area contributed by atoms with E-state index >= 15 is 0 Å². The molecule has 2 unspecified atom stereocenters. The number of carbonyl (C=O) groups excluding carboxylic acids is 2. The third kappa shape index (κ3) is 3.63. The van der Waals surface area contributed by atoms with Gasteiger partial charge < -0.3 is 15.4 Å². The van der Waals surface area contributed by atoms with Gasteiger partial charge in [0.2, 0.25) is 0 Å². The average Bonchev–Trinajstić information content (AvgIpc) is 2.44. The zero-order valence-electron chi connectivity index (χ0n) is 12.6. The van der Waals surface area contributed by atoms with Gasteiger partial charge in [0.25, 0.3) is 0 Å². The minimum atomic E-state index is -0.762. The predicted molar refractivity (Wildman–Crippen MR) is 79.2 cm³/mol. The highest BCUT2D eigenvalue weighted by Gasteiger charge is 2.38. The fourth-order valence-electron chi connectivity index (χ4n) is 2.25. The second-order valence-corrected chi connectivity index (χ2v) is 5.65. The molecule has 22 heavy (non-hydrogen) atoms. The molecule has 0 aliphatic carbocycles. The number of benzene rings is 1. The summed E-state index contributed by atoms with van der Waals surface area (Å²) in [6.45, 7) is 7.89. The SMILES string of the molecule is C=C1NC(=O)NC(c2ccc(F)cc2)C1C(=O)OCC(C)C. The Kier molecular flexibility index (Phi) is 4.80. The van der Waals surface area contributed by atoms with E-state index in [4.69, 9.17) is 4.74 Å². The number of halogens is 1. The van der Waals surface area contributed by atoms with E-state index in [2.05, 4.69) is 17.2 Å². The fraction of sp³-hybridized carbons (Fsp3) is 0.375. The van der Waals surface area contributed by atoms with Gasteiger partial charge >= 0.3 is 12.0 Å². The molecule has 0 saturated carbocycles. The quantitative estimate of drug-likeness (QED) is 0.840. The zero-order valence-corrected chi connectivity index (χ0v) is 12.6. The second-order valence-electron chi connectivity index (χ2n) is 5.65. The first-order valence-electron chi connectivity index (χ1n) is 7.07. The molecule has 2 atom stereocenters. The van der Waals surface area contributed by atoms with Crippen LogP contribution in [-0.2, 0) is 9.53 Å². The number of rotatable bonds is 4. The van der Waals surface area contributed by atoms with Crippen molar-refractivity contribution < 1.29 is 18.7 Å². The summed E-state index contributed by atoms with van der Waals surface area (Å²) in [4.78, 5) is 24.0. The summed E-state index contributed by atoms with van der Waals surface area (Å²) in [5, 5.41) is 5.16. The maximum atomic E-state index is 13.1. The van der Waals surface area contributed by atoms with Gasteiger partial charge in [0.05, 0.1) is 12.6 Å². The Morgan fingerprint density at radius 1 is 1.36 bits per heavy atom. The molecule has 1 aliphatic rings. The van der Waals surface area contributed by atoms with Crippen molar-refractivity contribution in [2.45, 2.75) is 19.9 Å². The summed E-state index contributed by atoms with van der Waals surface area (Å²) in [5.41, 5.74) is 0.885. The number of hydrogen-bond donors (Lipinski definition) is 2. The van der Waals surface area contributed by atoms with Crippen molar-refractivity contribution in [3.63, 3.8) is 0 Å². The molecule has 2 amide bonds. The number of hydrogen-bond acceptors (Lipinski definition) is 3. The largest absolute Gasteiger partial charge is 0.465 e. The van der Waals surface area contributed by atoms with Crippen molar-refractivity contribution >= 4 is 12.0 Å². The zero-order chi connectivity index (χ0) is 16.3. The summed E-state index contributed by atoms with van der Waals surface area (Å²) in [6, 6.07) is 4.53. The van der Waals surface area contributed by atoms with Crippen LogP contribution < -0.4 is 10.6 Å². The number of esters is 1. The van der Waals surface area contributed by atoms with E-state index in [9.17, 15) is 14.0 Å². The molecule has 0 aromatic heterocycles. The third-order valence-corrected chi connectivity index (χ3v) is 3.31. The Hall–Kier alpha value is -2.37. The first-order chi connectivity index (χ1) is 10.4. The van der Waals surface area contributed by atoms with E-state index in [0.29, 0.717) is 5.56 Å². The van der Waals surface area contributed by atoms with Crippen LogP contribution in [0, 0.1) is 17.7 Å². The fourth-order valence-corrected chi connectivity index (χ4v) is 2.25. The monoisotopic (exact) mass is 306 g/mol. The number of ether oxygens (including phenoxy) is 1. The lowest BCUT2D eigenvalue weighted by molar-refractivity contribution is -0.149. The molecule has 0 bridgehead atoms. The molecular formula is C16H19FN2O3. The number of amides is 2. The minimum absolute atomic E-state index is 0.202. The highest BCUT2D eigenvalue weighted by atomic mass is 19.1. The van der Waals surface area contributed by atoms with Gasteiger partial charge in [0.1, 0.15) is 11.7 Å². The lowest BCUT2D eigenvalue weighted by Crippen LogP contribution is -2.51. The Balaban J connectivity index is 2.25. The molecule has 1 aromatic carbocycles. The molecule has 1 saturated heterocycles. The van der Waals surface area contributed by atoms with E-state index in [1.165, 1.54) is 24.3 Å². The van der Waals surface area contributed by atoms with Gasteiger partial charge in [-0.15, -0.1) is 0 Å². The van der Waals surface area contributed by atoms with Crippen LogP contribution in [-0.4, -0.2) is 18.6 Å². The van der Waals surface area contributed by atoms with Gasteiger partial charge in [-0.2, -0.15) is 0 Å². The lowest BCUT2D eigenvalue weighted by Gasteiger charge is -2.33. The van der Waals surface area contributed by atoms with E-state index in [-0.39, 0.29) is 24.0 Å². The van der Waals surface area contributed by atoms with Gasteiger partial charge in [0, 0.05) is 5.70 Å². The number of urea groups is 1. The normalized spacial score (nSPS) is 21.3.